The lowest BCUT2D eigenvalue weighted by Crippen LogP contribution is -2.41. The van der Waals surface area contributed by atoms with Crippen LogP contribution < -0.4 is 11.2 Å². The molecule has 0 radical (unpaired) electrons. The number of nitro benzene ring substituents is 1. The van der Waals surface area contributed by atoms with Gasteiger partial charge in [-0.3, -0.25) is 29.0 Å². The summed E-state index contributed by atoms with van der Waals surface area (Å²) in [5.41, 5.74) is -0.787. The minimum absolute atomic E-state index is 0.101. The van der Waals surface area contributed by atoms with E-state index in [4.69, 9.17) is 11.6 Å². The predicted octanol–water partition coefficient (Wildman–Crippen LogP) is 3.11. The van der Waals surface area contributed by atoms with E-state index in [1.165, 1.54) is 6.07 Å². The number of aromatic hydroxyl groups is 1. The lowest BCUT2D eigenvalue weighted by atomic mass is 10.2. The standard InChI is InChI=1S/C19H23ClN4O5/c1-3-4-9-22-17(25)15(18(26)23(19(22)27)10-5-8-20)12-21-14-7-6-13(2)16(11-14)24(28)29/h6-7,11-12,26H,3-5,8-10H2,1-2H3. The van der Waals surface area contributed by atoms with Crippen molar-refractivity contribution in [2.75, 3.05) is 5.88 Å². The van der Waals surface area contributed by atoms with Gasteiger partial charge in [0, 0.05) is 36.8 Å². The molecule has 0 amide bonds. The monoisotopic (exact) mass is 422 g/mol. The molecule has 2 rings (SSSR count). The Morgan fingerprint density at radius 3 is 2.55 bits per heavy atom. The van der Waals surface area contributed by atoms with Gasteiger partial charge in [-0.2, -0.15) is 0 Å². The van der Waals surface area contributed by atoms with Crippen molar-refractivity contribution in [3.05, 3.63) is 60.3 Å². The van der Waals surface area contributed by atoms with Gasteiger partial charge in [0.2, 0.25) is 5.88 Å². The van der Waals surface area contributed by atoms with Crippen molar-refractivity contribution in [3.8, 4) is 5.88 Å². The minimum Gasteiger partial charge on any atom is -0.494 e. The molecule has 0 fully saturated rings. The molecule has 2 aromatic rings. The Balaban J connectivity index is 2.57. The highest BCUT2D eigenvalue weighted by atomic mass is 35.5. The van der Waals surface area contributed by atoms with E-state index in [1.54, 1.807) is 19.1 Å². The number of nitrogens with zero attached hydrogens (tertiary/aromatic N) is 4. The first-order chi connectivity index (χ1) is 13.8. The molecule has 9 nitrogen and oxygen atoms in total. The van der Waals surface area contributed by atoms with Crippen molar-refractivity contribution in [3.63, 3.8) is 0 Å². The van der Waals surface area contributed by atoms with E-state index in [1.807, 2.05) is 6.92 Å². The van der Waals surface area contributed by atoms with Gasteiger partial charge in [-0.05, 0) is 25.8 Å². The first kappa shape index (κ1) is 22.4. The number of rotatable bonds is 9. The van der Waals surface area contributed by atoms with Gasteiger partial charge in [-0.1, -0.05) is 19.4 Å². The third kappa shape index (κ3) is 5.11. The molecule has 1 aromatic heterocycles. The molecule has 0 aliphatic carbocycles. The molecule has 156 valence electrons. The summed E-state index contributed by atoms with van der Waals surface area (Å²) in [4.78, 5) is 40.1. The second-order valence-electron chi connectivity index (χ2n) is 6.51. The number of aromatic nitrogens is 2. The molecule has 0 saturated heterocycles. The fourth-order valence-corrected chi connectivity index (χ4v) is 2.89. The van der Waals surface area contributed by atoms with Crippen LogP contribution in [-0.4, -0.2) is 31.3 Å². The van der Waals surface area contributed by atoms with Gasteiger partial charge in [0.1, 0.15) is 5.56 Å². The molecule has 1 aromatic carbocycles. The van der Waals surface area contributed by atoms with Crippen LogP contribution in [-0.2, 0) is 13.1 Å². The zero-order valence-corrected chi connectivity index (χ0v) is 17.1. The van der Waals surface area contributed by atoms with E-state index in [0.717, 1.165) is 21.8 Å². The SMILES string of the molecule is CCCCn1c(=O)c(C=Nc2ccc(C)c([N+](=O)[O-])c2)c(O)n(CCCCl)c1=O. The van der Waals surface area contributed by atoms with Gasteiger partial charge in [-0.25, -0.2) is 4.79 Å². The molecule has 0 aliphatic heterocycles. The van der Waals surface area contributed by atoms with Gasteiger partial charge in [0.15, 0.2) is 0 Å². The number of alkyl halides is 1. The number of nitro groups is 1. The number of benzene rings is 1. The van der Waals surface area contributed by atoms with Crippen LogP contribution in [0.4, 0.5) is 11.4 Å². The van der Waals surface area contributed by atoms with E-state index < -0.39 is 22.1 Å². The van der Waals surface area contributed by atoms with Crippen LogP contribution in [0.5, 0.6) is 5.88 Å². The van der Waals surface area contributed by atoms with Crippen molar-refractivity contribution < 1.29 is 10.0 Å². The number of unbranched alkanes of at least 4 members (excludes halogenated alkanes) is 1. The first-order valence-electron chi connectivity index (χ1n) is 9.23. The molecule has 10 heteroatoms. The van der Waals surface area contributed by atoms with Crippen LogP contribution in [0.2, 0.25) is 0 Å². The van der Waals surface area contributed by atoms with E-state index >= 15 is 0 Å². The third-order valence-electron chi connectivity index (χ3n) is 4.42. The summed E-state index contributed by atoms with van der Waals surface area (Å²) in [7, 11) is 0. The van der Waals surface area contributed by atoms with E-state index in [-0.39, 0.29) is 35.9 Å². The van der Waals surface area contributed by atoms with Crippen LogP contribution in [0, 0.1) is 17.0 Å². The highest BCUT2D eigenvalue weighted by Gasteiger charge is 2.17. The molecule has 0 atom stereocenters. The fraction of sp³-hybridized carbons (Fsp3) is 0.421. The minimum atomic E-state index is -0.659. The predicted molar refractivity (Wildman–Crippen MR) is 112 cm³/mol. The number of hydrogen-bond acceptors (Lipinski definition) is 6. The molecule has 0 bridgehead atoms. The molecule has 0 spiro atoms. The number of halogens is 1. The summed E-state index contributed by atoms with van der Waals surface area (Å²) >= 11 is 5.70. The smallest absolute Gasteiger partial charge is 0.333 e. The normalized spacial score (nSPS) is 11.3. The summed E-state index contributed by atoms with van der Waals surface area (Å²) in [5.74, 6) is -0.209. The lowest BCUT2D eigenvalue weighted by molar-refractivity contribution is -0.385. The van der Waals surface area contributed by atoms with Crippen molar-refractivity contribution in [2.24, 2.45) is 4.99 Å². The van der Waals surface area contributed by atoms with Crippen LogP contribution in [0.15, 0.2) is 32.8 Å². The number of aliphatic imine (C=N–C) groups is 1. The summed E-state index contributed by atoms with van der Waals surface area (Å²) in [6, 6.07) is 4.39. The highest BCUT2D eigenvalue weighted by molar-refractivity contribution is 6.17. The van der Waals surface area contributed by atoms with Crippen LogP contribution >= 0.6 is 11.6 Å². The molecule has 0 saturated carbocycles. The van der Waals surface area contributed by atoms with Crippen molar-refractivity contribution in [1.82, 2.24) is 9.13 Å². The van der Waals surface area contributed by atoms with E-state index in [2.05, 4.69) is 4.99 Å². The molecular weight excluding hydrogens is 400 g/mol. The van der Waals surface area contributed by atoms with Gasteiger partial charge in [0.05, 0.1) is 10.6 Å². The molecule has 1 heterocycles. The van der Waals surface area contributed by atoms with Crippen molar-refractivity contribution in [1.29, 1.82) is 0 Å². The molecule has 0 aliphatic rings. The Morgan fingerprint density at radius 1 is 1.24 bits per heavy atom. The maximum Gasteiger partial charge on any atom is 0.333 e. The fourth-order valence-electron chi connectivity index (χ4n) is 2.77. The Bertz CT molecular complexity index is 1040. The van der Waals surface area contributed by atoms with E-state index in [9.17, 15) is 24.8 Å². The Morgan fingerprint density at radius 2 is 1.93 bits per heavy atom. The van der Waals surface area contributed by atoms with E-state index in [0.29, 0.717) is 18.4 Å². The Hall–Kier alpha value is -2.94. The zero-order chi connectivity index (χ0) is 21.6. The van der Waals surface area contributed by atoms with Crippen LogP contribution in [0.25, 0.3) is 0 Å². The molecular formula is C19H23ClN4O5. The molecule has 1 N–H and O–H groups in total. The lowest BCUT2D eigenvalue weighted by Gasteiger charge is -2.13. The average molecular weight is 423 g/mol. The third-order valence-corrected chi connectivity index (χ3v) is 4.68. The quantitative estimate of drug-likeness (QED) is 0.288. The summed E-state index contributed by atoms with van der Waals surface area (Å²) < 4.78 is 2.16. The Kier molecular flexibility index (Phi) is 7.72. The van der Waals surface area contributed by atoms with Gasteiger partial charge in [-0.15, -0.1) is 11.6 Å². The first-order valence-corrected chi connectivity index (χ1v) is 9.76. The molecule has 0 unspecified atom stereocenters. The van der Waals surface area contributed by atoms with Gasteiger partial charge >= 0.3 is 5.69 Å². The Labute approximate surface area is 172 Å². The summed E-state index contributed by atoms with van der Waals surface area (Å²) in [6.07, 6.45) is 2.97. The maximum absolute atomic E-state index is 12.8. The van der Waals surface area contributed by atoms with Crippen LogP contribution in [0.3, 0.4) is 0 Å². The number of hydrogen-bond donors (Lipinski definition) is 1. The van der Waals surface area contributed by atoms with Gasteiger partial charge in [0.25, 0.3) is 11.2 Å². The topological polar surface area (TPSA) is 120 Å². The van der Waals surface area contributed by atoms with Crippen LogP contribution in [0.1, 0.15) is 37.3 Å². The maximum atomic E-state index is 12.8. The van der Waals surface area contributed by atoms with Gasteiger partial charge < -0.3 is 5.11 Å². The number of aryl methyl sites for hydroxylation is 1. The van der Waals surface area contributed by atoms with Crippen molar-refractivity contribution in [2.45, 2.75) is 46.2 Å². The summed E-state index contributed by atoms with van der Waals surface area (Å²) in [5, 5.41) is 21.6. The highest BCUT2D eigenvalue weighted by Crippen LogP contribution is 2.24. The second-order valence-corrected chi connectivity index (χ2v) is 6.89. The largest absolute Gasteiger partial charge is 0.494 e. The van der Waals surface area contributed by atoms with Crippen molar-refractivity contribution >= 4 is 29.2 Å². The average Bonchev–Trinajstić information content (AvgIpc) is 2.68. The second kappa shape index (κ2) is 10.0. The molecule has 29 heavy (non-hydrogen) atoms. The summed E-state index contributed by atoms with van der Waals surface area (Å²) in [6.45, 7) is 3.91. The zero-order valence-electron chi connectivity index (χ0n) is 16.3.